The predicted octanol–water partition coefficient (Wildman–Crippen LogP) is 3.42. The van der Waals surface area contributed by atoms with Crippen molar-refractivity contribution in [3.8, 4) is 0 Å². The van der Waals surface area contributed by atoms with Crippen molar-refractivity contribution in [2.75, 3.05) is 13.1 Å². The van der Waals surface area contributed by atoms with Gasteiger partial charge >= 0.3 is 0 Å². The van der Waals surface area contributed by atoms with Gasteiger partial charge in [-0.1, -0.05) is 19.9 Å². The van der Waals surface area contributed by atoms with Gasteiger partial charge in [0, 0.05) is 49.3 Å². The third-order valence-corrected chi connectivity index (χ3v) is 6.61. The highest BCUT2D eigenvalue weighted by Crippen LogP contribution is 2.43. The summed E-state index contributed by atoms with van der Waals surface area (Å²) in [5.41, 5.74) is 0.420. The highest BCUT2D eigenvalue weighted by molar-refractivity contribution is 6.01. The molecule has 3 atom stereocenters. The van der Waals surface area contributed by atoms with Gasteiger partial charge in [0.1, 0.15) is 5.60 Å². The largest absolute Gasteiger partial charge is 0.481 e. The van der Waals surface area contributed by atoms with Gasteiger partial charge < -0.3 is 14.2 Å². The van der Waals surface area contributed by atoms with Gasteiger partial charge in [-0.05, 0) is 51.0 Å². The van der Waals surface area contributed by atoms with E-state index in [4.69, 9.17) is 4.74 Å². The van der Waals surface area contributed by atoms with Crippen molar-refractivity contribution in [3.05, 3.63) is 46.1 Å². The van der Waals surface area contributed by atoms with Gasteiger partial charge in [-0.25, -0.2) is 0 Å². The van der Waals surface area contributed by atoms with Crippen LogP contribution in [0, 0.1) is 11.8 Å². The number of pyridine rings is 1. The van der Waals surface area contributed by atoms with E-state index < -0.39 is 5.60 Å². The fourth-order valence-electron chi connectivity index (χ4n) is 5.32. The first kappa shape index (κ1) is 20.9. The molecule has 0 aromatic carbocycles. The second kappa shape index (κ2) is 7.71. The summed E-state index contributed by atoms with van der Waals surface area (Å²) in [6.45, 7) is 9.20. The number of hydrogen-bond acceptors (Lipinski definition) is 4. The maximum Gasteiger partial charge on any atom is 0.289 e. The Bertz CT molecular complexity index is 943. The van der Waals surface area contributed by atoms with Crippen LogP contribution in [0.4, 0.5) is 0 Å². The molecule has 0 radical (unpaired) electrons. The molecule has 6 heteroatoms. The lowest BCUT2D eigenvalue weighted by Crippen LogP contribution is -2.52. The third kappa shape index (κ3) is 3.96. The van der Waals surface area contributed by atoms with E-state index in [9.17, 15) is 14.4 Å². The van der Waals surface area contributed by atoms with Crippen molar-refractivity contribution in [2.24, 2.45) is 11.8 Å². The number of nitrogens with zero attached hydrogens (tertiary/aromatic N) is 2. The lowest BCUT2D eigenvalue weighted by atomic mass is 9.76. The molecule has 162 valence electrons. The maximum absolute atomic E-state index is 13.3. The number of ether oxygens (including phenoxy) is 1. The molecule has 0 aliphatic carbocycles. The Hall–Kier alpha value is -2.37. The molecule has 0 spiro atoms. The number of hydrogen-bond donors (Lipinski definition) is 0. The standard InChI is InChI=1S/C24H32N2O4/c1-15(2)8-9-20-17-10-16(19-6-5-7-22(28)26(19)20)13-25(14-17)23(29)21-11-18(27)12-24(3,4)30-21/h5-7,11,15-17,20H,8-10,12-14H2,1-4H3/t16-,17+,20+/m1/s1. The topological polar surface area (TPSA) is 68.6 Å². The first-order valence-corrected chi connectivity index (χ1v) is 11.1. The van der Waals surface area contributed by atoms with Gasteiger partial charge in [-0.15, -0.1) is 0 Å². The van der Waals surface area contributed by atoms with E-state index in [1.54, 1.807) is 6.07 Å². The average Bonchev–Trinajstić information content (AvgIpc) is 2.66. The molecule has 2 bridgehead atoms. The van der Waals surface area contributed by atoms with Crippen LogP contribution in [-0.2, 0) is 14.3 Å². The normalized spacial score (nSPS) is 27.4. The summed E-state index contributed by atoms with van der Waals surface area (Å²) in [5.74, 6) is 0.789. The Morgan fingerprint density at radius 1 is 1.23 bits per heavy atom. The predicted molar refractivity (Wildman–Crippen MR) is 114 cm³/mol. The molecule has 4 rings (SSSR count). The van der Waals surface area contributed by atoms with Crippen LogP contribution in [0.15, 0.2) is 34.8 Å². The zero-order chi connectivity index (χ0) is 21.6. The summed E-state index contributed by atoms with van der Waals surface area (Å²) in [7, 11) is 0. The van der Waals surface area contributed by atoms with Crippen LogP contribution in [0.2, 0.25) is 0 Å². The monoisotopic (exact) mass is 412 g/mol. The SMILES string of the molecule is CC(C)CC[C@H]1[C@H]2C[C@H](CN(C(=O)C3=CC(=O)CC(C)(C)O3)C2)c2cccc(=O)n21. The van der Waals surface area contributed by atoms with E-state index in [2.05, 4.69) is 13.8 Å². The molecule has 4 heterocycles. The van der Waals surface area contributed by atoms with E-state index in [-0.39, 0.29) is 47.3 Å². The smallest absolute Gasteiger partial charge is 0.289 e. The summed E-state index contributed by atoms with van der Waals surface area (Å²) < 4.78 is 7.86. The lowest BCUT2D eigenvalue weighted by Gasteiger charge is -2.47. The minimum atomic E-state index is -0.664. The Balaban J connectivity index is 1.64. The molecule has 0 unspecified atom stereocenters. The Labute approximate surface area is 177 Å². The van der Waals surface area contributed by atoms with Gasteiger partial charge in [-0.3, -0.25) is 14.4 Å². The fraction of sp³-hybridized carbons (Fsp3) is 0.625. The quantitative estimate of drug-likeness (QED) is 0.760. The fourth-order valence-corrected chi connectivity index (χ4v) is 5.32. The van der Waals surface area contributed by atoms with Crippen LogP contribution in [0.5, 0.6) is 0 Å². The molecule has 1 aromatic rings. The number of aromatic nitrogens is 1. The van der Waals surface area contributed by atoms with Gasteiger partial charge in [0.15, 0.2) is 11.5 Å². The van der Waals surface area contributed by atoms with Crippen molar-refractivity contribution in [3.63, 3.8) is 0 Å². The van der Waals surface area contributed by atoms with Gasteiger partial charge in [0.25, 0.3) is 11.5 Å². The number of likely N-dealkylation sites (tertiary alicyclic amines) is 1. The van der Waals surface area contributed by atoms with Crippen LogP contribution >= 0.6 is 0 Å². The average molecular weight is 413 g/mol. The highest BCUT2D eigenvalue weighted by atomic mass is 16.5. The molecular formula is C24H32N2O4. The van der Waals surface area contributed by atoms with E-state index in [1.165, 1.54) is 6.08 Å². The molecule has 1 aromatic heterocycles. The lowest BCUT2D eigenvalue weighted by molar-refractivity contribution is -0.140. The Morgan fingerprint density at radius 2 is 2.00 bits per heavy atom. The molecule has 3 aliphatic rings. The molecular weight excluding hydrogens is 380 g/mol. The number of piperidine rings is 1. The van der Waals surface area contributed by atoms with Crippen LogP contribution in [0.3, 0.4) is 0 Å². The van der Waals surface area contributed by atoms with Crippen molar-refractivity contribution >= 4 is 11.7 Å². The summed E-state index contributed by atoms with van der Waals surface area (Å²) in [6, 6.07) is 5.59. The van der Waals surface area contributed by atoms with Gasteiger partial charge in [0.05, 0.1) is 0 Å². The first-order valence-electron chi connectivity index (χ1n) is 11.1. The van der Waals surface area contributed by atoms with Crippen LogP contribution in [0.25, 0.3) is 0 Å². The van der Waals surface area contributed by atoms with E-state index in [0.717, 1.165) is 25.0 Å². The molecule has 1 saturated heterocycles. The zero-order valence-corrected chi connectivity index (χ0v) is 18.4. The van der Waals surface area contributed by atoms with Crippen LogP contribution in [-0.4, -0.2) is 39.8 Å². The zero-order valence-electron chi connectivity index (χ0n) is 18.4. The second-order valence-corrected chi connectivity index (χ2v) is 10.1. The number of carbonyl (C=O) groups is 2. The summed E-state index contributed by atoms with van der Waals surface area (Å²) >= 11 is 0. The Morgan fingerprint density at radius 3 is 2.70 bits per heavy atom. The summed E-state index contributed by atoms with van der Waals surface area (Å²) in [5, 5.41) is 0. The maximum atomic E-state index is 13.3. The molecule has 1 fully saturated rings. The molecule has 3 aliphatic heterocycles. The number of carbonyl (C=O) groups excluding carboxylic acids is 2. The summed E-state index contributed by atoms with van der Waals surface area (Å²) in [4.78, 5) is 40.0. The highest BCUT2D eigenvalue weighted by Gasteiger charge is 2.43. The minimum absolute atomic E-state index is 0.0569. The van der Waals surface area contributed by atoms with Crippen molar-refractivity contribution in [2.45, 2.75) is 70.9 Å². The molecule has 1 amide bonds. The number of allylic oxidation sites excluding steroid dienone is 1. The number of rotatable bonds is 4. The minimum Gasteiger partial charge on any atom is -0.481 e. The third-order valence-electron chi connectivity index (χ3n) is 6.61. The van der Waals surface area contributed by atoms with E-state index >= 15 is 0 Å². The number of ketones is 1. The van der Waals surface area contributed by atoms with Crippen LogP contribution < -0.4 is 5.56 Å². The number of fused-ring (bicyclic) bond motifs is 4. The number of amides is 1. The molecule has 6 nitrogen and oxygen atoms in total. The summed E-state index contributed by atoms with van der Waals surface area (Å²) in [6.07, 6.45) is 4.59. The molecule has 0 N–H and O–H groups in total. The van der Waals surface area contributed by atoms with E-state index in [0.29, 0.717) is 19.0 Å². The van der Waals surface area contributed by atoms with Crippen LogP contribution in [0.1, 0.15) is 71.0 Å². The second-order valence-electron chi connectivity index (χ2n) is 10.1. The van der Waals surface area contributed by atoms with E-state index in [1.807, 2.05) is 35.4 Å². The van der Waals surface area contributed by atoms with Crippen molar-refractivity contribution < 1.29 is 14.3 Å². The van der Waals surface area contributed by atoms with Gasteiger partial charge in [-0.2, -0.15) is 0 Å². The molecule has 30 heavy (non-hydrogen) atoms. The molecule has 0 saturated carbocycles. The van der Waals surface area contributed by atoms with Crippen molar-refractivity contribution in [1.29, 1.82) is 0 Å². The van der Waals surface area contributed by atoms with Crippen molar-refractivity contribution in [1.82, 2.24) is 9.47 Å². The Kier molecular flexibility index (Phi) is 5.37. The first-order chi connectivity index (χ1) is 14.1. The van der Waals surface area contributed by atoms with Gasteiger partial charge in [0.2, 0.25) is 0 Å².